The molecule has 17 heavy (non-hydrogen) atoms. The Morgan fingerprint density at radius 1 is 1.24 bits per heavy atom. The number of nitro groups is 2. The van der Waals surface area contributed by atoms with Crippen LogP contribution in [0.4, 0.5) is 0 Å². The number of ketones is 1. The molecule has 0 fully saturated rings. The number of Topliss-reactive ketones (excluding diaryl/α,β-unsaturated/α-hetero) is 1. The maximum atomic E-state index is 11.8. The molecule has 0 amide bonds. The second-order valence-electron chi connectivity index (χ2n) is 3.52. The summed E-state index contributed by atoms with van der Waals surface area (Å²) in [5, 5.41) is 21.4. The fourth-order valence-electron chi connectivity index (χ4n) is 1.79. The molecule has 0 aromatic rings. The van der Waals surface area contributed by atoms with Gasteiger partial charge in [-0.15, -0.1) is 0 Å². The molecule has 8 heteroatoms. The molecule has 2 rings (SSSR count). The molecule has 2 aliphatic heterocycles. The number of allylic oxidation sites excluding steroid dienone is 2. The fraction of sp³-hybridized carbons (Fsp3) is 0.222. The molecule has 8 nitrogen and oxygen atoms in total. The molecular weight excluding hydrogens is 230 g/mol. The van der Waals surface area contributed by atoms with Crippen molar-refractivity contribution in [2.24, 2.45) is 0 Å². The molecule has 2 heterocycles. The van der Waals surface area contributed by atoms with E-state index in [4.69, 9.17) is 0 Å². The largest absolute Gasteiger partial charge is 0.388 e. The summed E-state index contributed by atoms with van der Waals surface area (Å²) in [5.74, 6) is -0.853. The summed E-state index contributed by atoms with van der Waals surface area (Å²) in [6.45, 7) is -0.249. The van der Waals surface area contributed by atoms with E-state index in [1.165, 1.54) is 17.2 Å². The van der Waals surface area contributed by atoms with Gasteiger partial charge < -0.3 is 4.90 Å². The van der Waals surface area contributed by atoms with Crippen molar-refractivity contribution in [3.8, 4) is 0 Å². The molecule has 0 aromatic carbocycles. The van der Waals surface area contributed by atoms with Crippen molar-refractivity contribution in [1.82, 2.24) is 4.90 Å². The highest BCUT2D eigenvalue weighted by Gasteiger charge is 2.46. The molecule has 0 saturated heterocycles. The van der Waals surface area contributed by atoms with Gasteiger partial charge in [0.25, 0.3) is 5.78 Å². The van der Waals surface area contributed by atoms with Crippen LogP contribution in [0.2, 0.25) is 0 Å². The molecule has 2 aliphatic rings. The first-order valence-corrected chi connectivity index (χ1v) is 4.69. The maximum absolute atomic E-state index is 11.8. The number of carbonyl (C=O) groups excluding carboxylic acids is 1. The number of fused-ring (bicyclic) bond motifs is 1. The highest BCUT2D eigenvalue weighted by Crippen LogP contribution is 2.24. The van der Waals surface area contributed by atoms with Crippen LogP contribution in [0, 0.1) is 20.2 Å². The Morgan fingerprint density at radius 2 is 1.94 bits per heavy atom. The Hall–Kier alpha value is -2.51. The van der Waals surface area contributed by atoms with Crippen molar-refractivity contribution >= 4 is 5.78 Å². The molecule has 88 valence electrons. The van der Waals surface area contributed by atoms with Crippen LogP contribution in [0.1, 0.15) is 0 Å². The first kappa shape index (κ1) is 11.0. The van der Waals surface area contributed by atoms with Crippen molar-refractivity contribution in [2.75, 3.05) is 6.54 Å². The third kappa shape index (κ3) is 1.69. The molecule has 0 saturated carbocycles. The zero-order valence-electron chi connectivity index (χ0n) is 8.48. The average Bonchev–Trinajstić information content (AvgIpc) is 2.28. The molecule has 0 spiro atoms. The monoisotopic (exact) mass is 237 g/mol. The smallest absolute Gasteiger partial charge is 0.353 e. The molecule has 0 radical (unpaired) electrons. The van der Waals surface area contributed by atoms with Crippen LogP contribution in [0.25, 0.3) is 0 Å². The van der Waals surface area contributed by atoms with Gasteiger partial charge in [0.05, 0.1) is 9.85 Å². The van der Waals surface area contributed by atoms with E-state index in [-0.39, 0.29) is 6.54 Å². The Kier molecular flexibility index (Phi) is 2.47. The summed E-state index contributed by atoms with van der Waals surface area (Å²) in [4.78, 5) is 32.8. The molecule has 1 unspecified atom stereocenters. The van der Waals surface area contributed by atoms with Crippen LogP contribution in [-0.2, 0) is 4.79 Å². The van der Waals surface area contributed by atoms with E-state index in [2.05, 4.69) is 0 Å². The van der Waals surface area contributed by atoms with Gasteiger partial charge in [0.1, 0.15) is 12.6 Å². The third-order valence-electron chi connectivity index (χ3n) is 2.55. The van der Waals surface area contributed by atoms with E-state index in [1.807, 2.05) is 0 Å². The van der Waals surface area contributed by atoms with E-state index in [0.717, 1.165) is 0 Å². The minimum atomic E-state index is -0.982. The predicted molar refractivity (Wildman–Crippen MR) is 54.8 cm³/mol. The van der Waals surface area contributed by atoms with Gasteiger partial charge in [-0.3, -0.25) is 25.0 Å². The SMILES string of the molecule is O=C1C([N+](=O)[O-])=C([N+](=O)[O-])CN2C=CC=CC12. The topological polar surface area (TPSA) is 107 Å². The first-order valence-electron chi connectivity index (χ1n) is 4.69. The van der Waals surface area contributed by atoms with Crippen LogP contribution in [0.5, 0.6) is 0 Å². The molecule has 0 aliphatic carbocycles. The van der Waals surface area contributed by atoms with Crippen LogP contribution >= 0.6 is 0 Å². The van der Waals surface area contributed by atoms with Crippen molar-refractivity contribution in [3.63, 3.8) is 0 Å². The van der Waals surface area contributed by atoms with E-state index in [0.29, 0.717) is 0 Å². The minimum absolute atomic E-state index is 0.249. The number of nitrogens with zero attached hydrogens (tertiary/aromatic N) is 3. The number of carbonyl (C=O) groups is 1. The molecule has 1 atom stereocenters. The number of hydrogen-bond acceptors (Lipinski definition) is 6. The highest BCUT2D eigenvalue weighted by molar-refractivity contribution is 6.00. The lowest BCUT2D eigenvalue weighted by atomic mass is 10.00. The van der Waals surface area contributed by atoms with Gasteiger partial charge in [0.2, 0.25) is 0 Å². The summed E-state index contributed by atoms with van der Waals surface area (Å²) in [7, 11) is 0. The van der Waals surface area contributed by atoms with Crippen molar-refractivity contribution in [2.45, 2.75) is 6.04 Å². The van der Waals surface area contributed by atoms with Gasteiger partial charge in [-0.05, 0) is 6.08 Å². The van der Waals surface area contributed by atoms with E-state index >= 15 is 0 Å². The van der Waals surface area contributed by atoms with E-state index in [1.54, 1.807) is 12.2 Å². The summed E-state index contributed by atoms with van der Waals surface area (Å²) in [6, 6.07) is -0.816. The second-order valence-corrected chi connectivity index (χ2v) is 3.52. The lowest BCUT2D eigenvalue weighted by molar-refractivity contribution is -0.470. The second kappa shape index (κ2) is 3.81. The summed E-state index contributed by atoms with van der Waals surface area (Å²) >= 11 is 0. The molecule has 0 N–H and O–H groups in total. The van der Waals surface area contributed by atoms with Crippen LogP contribution in [0.3, 0.4) is 0 Å². The lowest BCUT2D eigenvalue weighted by Crippen LogP contribution is -2.46. The average molecular weight is 237 g/mol. The molecule has 0 aromatic heterocycles. The van der Waals surface area contributed by atoms with Gasteiger partial charge in [-0.25, -0.2) is 0 Å². The number of hydrogen-bond donors (Lipinski definition) is 0. The molecule has 0 bridgehead atoms. The predicted octanol–water partition coefficient (Wildman–Crippen LogP) is 0.0882. The Bertz CT molecular complexity index is 505. The zero-order chi connectivity index (χ0) is 12.6. The Labute approximate surface area is 94.8 Å². The van der Waals surface area contributed by atoms with E-state index in [9.17, 15) is 25.0 Å². The maximum Gasteiger partial charge on any atom is 0.388 e. The van der Waals surface area contributed by atoms with Crippen LogP contribution in [-0.4, -0.2) is 33.1 Å². The standard InChI is InChI=1S/C9H7N3O5/c13-9-6-3-1-2-4-10(6)5-7(11(14)15)8(9)12(16)17/h1-4,6H,5H2. The lowest BCUT2D eigenvalue weighted by Gasteiger charge is -2.29. The normalized spacial score (nSPS) is 22.7. The van der Waals surface area contributed by atoms with Gasteiger partial charge in [0.15, 0.2) is 0 Å². The first-order chi connectivity index (χ1) is 8.02. The zero-order valence-corrected chi connectivity index (χ0v) is 8.48. The van der Waals surface area contributed by atoms with Crippen LogP contribution < -0.4 is 0 Å². The van der Waals surface area contributed by atoms with Crippen LogP contribution in [0.15, 0.2) is 35.8 Å². The van der Waals surface area contributed by atoms with Gasteiger partial charge in [-0.1, -0.05) is 12.2 Å². The van der Waals surface area contributed by atoms with Gasteiger partial charge in [-0.2, -0.15) is 0 Å². The van der Waals surface area contributed by atoms with Crippen molar-refractivity contribution in [1.29, 1.82) is 0 Å². The van der Waals surface area contributed by atoms with Crippen molar-refractivity contribution < 1.29 is 14.6 Å². The summed E-state index contributed by atoms with van der Waals surface area (Å²) < 4.78 is 0. The fourth-order valence-corrected chi connectivity index (χ4v) is 1.79. The number of rotatable bonds is 2. The van der Waals surface area contributed by atoms with Gasteiger partial charge in [0, 0.05) is 6.20 Å². The molecular formula is C9H7N3O5. The third-order valence-corrected chi connectivity index (χ3v) is 2.55. The highest BCUT2D eigenvalue weighted by atomic mass is 16.6. The summed E-state index contributed by atoms with van der Waals surface area (Å²) in [5.41, 5.74) is -1.59. The van der Waals surface area contributed by atoms with Gasteiger partial charge >= 0.3 is 11.4 Å². The minimum Gasteiger partial charge on any atom is -0.353 e. The van der Waals surface area contributed by atoms with E-state index < -0.39 is 33.1 Å². The Balaban J connectivity index is 2.52. The summed E-state index contributed by atoms with van der Waals surface area (Å²) in [6.07, 6.45) is 6.16. The Morgan fingerprint density at radius 3 is 2.53 bits per heavy atom. The van der Waals surface area contributed by atoms with Crippen molar-refractivity contribution in [3.05, 3.63) is 56.1 Å². The quantitative estimate of drug-likeness (QED) is 0.497.